The Morgan fingerprint density at radius 1 is 1.38 bits per heavy atom. The first-order chi connectivity index (χ1) is 9.78. The summed E-state index contributed by atoms with van der Waals surface area (Å²) >= 11 is 1.54. The Balaban J connectivity index is 1.89. The van der Waals surface area contributed by atoms with Crippen molar-refractivity contribution in [2.75, 3.05) is 30.3 Å². The zero-order chi connectivity index (χ0) is 15.5. The summed E-state index contributed by atoms with van der Waals surface area (Å²) in [5, 5.41) is 0. The number of anilines is 1. The number of thioether (sulfide) groups is 1. The molecule has 4 nitrogen and oxygen atoms in total. The van der Waals surface area contributed by atoms with Crippen LogP contribution in [-0.2, 0) is 10.0 Å². The van der Waals surface area contributed by atoms with Gasteiger partial charge in [0.2, 0.25) is 10.0 Å². The smallest absolute Gasteiger partial charge is 0.214 e. The predicted octanol–water partition coefficient (Wildman–Crippen LogP) is 2.81. The summed E-state index contributed by atoms with van der Waals surface area (Å²) in [7, 11) is -3.15. The van der Waals surface area contributed by atoms with Crippen LogP contribution < -0.4 is 5.73 Å². The topological polar surface area (TPSA) is 63.4 Å². The molecule has 0 spiro atoms. The number of benzene rings is 1. The van der Waals surface area contributed by atoms with E-state index in [1.807, 2.05) is 24.3 Å². The molecule has 1 aliphatic rings. The highest BCUT2D eigenvalue weighted by atomic mass is 32.2. The summed E-state index contributed by atoms with van der Waals surface area (Å²) in [6.07, 6.45) is 2.05. The summed E-state index contributed by atoms with van der Waals surface area (Å²) in [6.45, 7) is 5.57. The molecule has 0 aliphatic carbocycles. The summed E-state index contributed by atoms with van der Waals surface area (Å²) in [5.41, 5.74) is 6.52. The molecular formula is C15H24N2O2S2. The number of hydrogen-bond acceptors (Lipinski definition) is 4. The molecule has 0 atom stereocenters. The van der Waals surface area contributed by atoms with Crippen LogP contribution in [0.1, 0.15) is 26.7 Å². The molecule has 2 N–H and O–H groups in total. The third-order valence-electron chi connectivity index (χ3n) is 3.73. The van der Waals surface area contributed by atoms with Crippen LogP contribution in [0, 0.1) is 5.41 Å². The molecule has 1 aromatic rings. The Hall–Kier alpha value is -0.720. The van der Waals surface area contributed by atoms with Gasteiger partial charge in [0.15, 0.2) is 0 Å². The van der Waals surface area contributed by atoms with Gasteiger partial charge in [0.25, 0.3) is 0 Å². The molecule has 1 saturated heterocycles. The van der Waals surface area contributed by atoms with Crippen LogP contribution in [0.25, 0.3) is 0 Å². The quantitative estimate of drug-likeness (QED) is 0.667. The minimum atomic E-state index is -3.15. The molecule has 1 aliphatic heterocycles. The monoisotopic (exact) mass is 328 g/mol. The maximum absolute atomic E-state index is 12.4. The van der Waals surface area contributed by atoms with Crippen LogP contribution in [0.2, 0.25) is 0 Å². The number of hydrogen-bond donors (Lipinski definition) is 1. The molecule has 21 heavy (non-hydrogen) atoms. The second-order valence-electron chi connectivity index (χ2n) is 6.34. The van der Waals surface area contributed by atoms with Gasteiger partial charge in [-0.3, -0.25) is 0 Å². The normalized spacial score (nSPS) is 19.5. The molecule has 2 rings (SSSR count). The van der Waals surface area contributed by atoms with Crippen LogP contribution in [-0.4, -0.2) is 37.3 Å². The van der Waals surface area contributed by atoms with E-state index in [-0.39, 0.29) is 11.2 Å². The number of nitrogens with two attached hydrogens (primary N) is 1. The largest absolute Gasteiger partial charge is 0.399 e. The number of rotatable bonds is 5. The van der Waals surface area contributed by atoms with Crippen molar-refractivity contribution in [3.8, 4) is 0 Å². The first kappa shape index (κ1) is 16.6. The minimum absolute atomic E-state index is 0.0896. The maximum Gasteiger partial charge on any atom is 0.214 e. The van der Waals surface area contributed by atoms with Gasteiger partial charge in [-0.2, -0.15) is 0 Å². The van der Waals surface area contributed by atoms with Crippen molar-refractivity contribution in [1.82, 2.24) is 4.31 Å². The van der Waals surface area contributed by atoms with E-state index in [1.165, 1.54) is 11.8 Å². The molecule has 0 unspecified atom stereocenters. The molecule has 0 amide bonds. The average molecular weight is 329 g/mol. The second-order valence-corrected chi connectivity index (χ2v) is 9.60. The van der Waals surface area contributed by atoms with Gasteiger partial charge in [0, 0.05) is 29.4 Å². The molecule has 0 radical (unpaired) electrons. The van der Waals surface area contributed by atoms with E-state index in [2.05, 4.69) is 13.8 Å². The Morgan fingerprint density at radius 2 is 2.14 bits per heavy atom. The highest BCUT2D eigenvalue weighted by Gasteiger charge is 2.32. The van der Waals surface area contributed by atoms with Crippen LogP contribution in [0.15, 0.2) is 29.2 Å². The van der Waals surface area contributed by atoms with Gasteiger partial charge >= 0.3 is 0 Å². The molecule has 6 heteroatoms. The third kappa shape index (κ3) is 4.90. The highest BCUT2D eigenvalue weighted by molar-refractivity contribution is 8.00. The minimum Gasteiger partial charge on any atom is -0.399 e. The van der Waals surface area contributed by atoms with E-state index < -0.39 is 10.0 Å². The van der Waals surface area contributed by atoms with Crippen LogP contribution in [0.4, 0.5) is 5.69 Å². The molecule has 118 valence electrons. The van der Waals surface area contributed by atoms with E-state index in [0.717, 1.165) is 17.7 Å². The van der Waals surface area contributed by atoms with Gasteiger partial charge in [0.1, 0.15) is 0 Å². The lowest BCUT2D eigenvalue weighted by molar-refractivity contribution is 0.187. The van der Waals surface area contributed by atoms with Crippen molar-refractivity contribution in [2.45, 2.75) is 31.6 Å². The zero-order valence-corrected chi connectivity index (χ0v) is 14.3. The summed E-state index contributed by atoms with van der Waals surface area (Å²) in [4.78, 5) is 1.02. The fourth-order valence-corrected chi connectivity index (χ4v) is 5.62. The molecule has 1 aromatic carbocycles. The Morgan fingerprint density at radius 3 is 2.81 bits per heavy atom. The fraction of sp³-hybridized carbons (Fsp3) is 0.600. The first-order valence-electron chi connectivity index (χ1n) is 7.25. The van der Waals surface area contributed by atoms with Gasteiger partial charge in [-0.1, -0.05) is 19.9 Å². The van der Waals surface area contributed by atoms with E-state index in [0.29, 0.717) is 24.5 Å². The van der Waals surface area contributed by atoms with Crippen molar-refractivity contribution in [1.29, 1.82) is 0 Å². The van der Waals surface area contributed by atoms with Crippen molar-refractivity contribution < 1.29 is 8.42 Å². The molecule has 0 saturated carbocycles. The van der Waals surface area contributed by atoms with Crippen molar-refractivity contribution in [2.24, 2.45) is 5.41 Å². The molecule has 0 bridgehead atoms. The van der Waals surface area contributed by atoms with Gasteiger partial charge in [-0.15, -0.1) is 11.8 Å². The fourth-order valence-electron chi connectivity index (χ4n) is 2.61. The predicted molar refractivity (Wildman–Crippen MR) is 90.0 cm³/mol. The molecule has 1 fully saturated rings. The highest BCUT2D eigenvalue weighted by Crippen LogP contribution is 2.30. The van der Waals surface area contributed by atoms with E-state index in [4.69, 9.17) is 5.73 Å². The summed E-state index contributed by atoms with van der Waals surface area (Å²) in [6, 6.07) is 7.55. The third-order valence-corrected chi connectivity index (χ3v) is 6.80. The van der Waals surface area contributed by atoms with Crippen molar-refractivity contribution in [3.05, 3.63) is 24.3 Å². The van der Waals surface area contributed by atoms with Crippen LogP contribution in [0.5, 0.6) is 0 Å². The number of piperidine rings is 1. The Labute approximate surface area is 132 Å². The number of nitrogen functional groups attached to an aromatic ring is 1. The average Bonchev–Trinajstić information content (AvgIpc) is 2.37. The van der Waals surface area contributed by atoms with Gasteiger partial charge in [0.05, 0.1) is 5.75 Å². The summed E-state index contributed by atoms with van der Waals surface area (Å²) < 4.78 is 26.5. The molecule has 0 aromatic heterocycles. The van der Waals surface area contributed by atoms with Crippen LogP contribution in [0.3, 0.4) is 0 Å². The Kier molecular flexibility index (Phi) is 5.22. The number of nitrogens with zero attached hydrogens (tertiary/aromatic N) is 1. The number of sulfonamides is 1. The Bertz CT molecular complexity index is 585. The molecular weight excluding hydrogens is 304 g/mol. The SMILES string of the molecule is CC1(C)CCCN(S(=O)(=O)CCSc2cccc(N)c2)C1. The van der Waals surface area contributed by atoms with Gasteiger partial charge in [-0.25, -0.2) is 12.7 Å². The van der Waals surface area contributed by atoms with E-state index in [9.17, 15) is 8.42 Å². The summed E-state index contributed by atoms with van der Waals surface area (Å²) in [5.74, 6) is 0.741. The van der Waals surface area contributed by atoms with Crippen molar-refractivity contribution >= 4 is 27.5 Å². The lowest BCUT2D eigenvalue weighted by atomic mass is 9.85. The van der Waals surface area contributed by atoms with E-state index in [1.54, 1.807) is 4.31 Å². The standard InChI is InChI=1S/C15H24N2O2S2/c1-15(2)7-4-8-17(12-15)21(18,19)10-9-20-14-6-3-5-13(16)11-14/h3,5-6,11H,4,7-10,12,16H2,1-2H3. The van der Waals surface area contributed by atoms with Crippen molar-refractivity contribution in [3.63, 3.8) is 0 Å². The lowest BCUT2D eigenvalue weighted by Gasteiger charge is -2.37. The van der Waals surface area contributed by atoms with E-state index >= 15 is 0 Å². The zero-order valence-electron chi connectivity index (χ0n) is 12.7. The van der Waals surface area contributed by atoms with Crippen LogP contribution >= 0.6 is 11.8 Å². The van der Waals surface area contributed by atoms with Gasteiger partial charge < -0.3 is 5.73 Å². The first-order valence-corrected chi connectivity index (χ1v) is 9.84. The second kappa shape index (κ2) is 6.58. The molecule has 1 heterocycles. The van der Waals surface area contributed by atoms with Gasteiger partial charge in [-0.05, 0) is 36.5 Å². The maximum atomic E-state index is 12.4. The lowest BCUT2D eigenvalue weighted by Crippen LogP contribution is -2.44.